The third-order valence-electron chi connectivity index (χ3n) is 3.54. The molecule has 1 aromatic carbocycles. The zero-order valence-corrected chi connectivity index (χ0v) is 15.3. The van der Waals surface area contributed by atoms with Gasteiger partial charge in [0.2, 0.25) is 0 Å². The topological polar surface area (TPSA) is 83.6 Å². The van der Waals surface area contributed by atoms with E-state index in [1.54, 1.807) is 43.3 Å². The smallest absolute Gasteiger partial charge is 0.338 e. The van der Waals surface area contributed by atoms with Gasteiger partial charge in [0.25, 0.3) is 5.91 Å². The average Bonchev–Trinajstić information content (AvgIpc) is 2.63. The van der Waals surface area contributed by atoms with E-state index in [1.165, 1.54) is 6.20 Å². The molecule has 0 atom stereocenters. The van der Waals surface area contributed by atoms with Gasteiger partial charge in [0.05, 0.1) is 17.7 Å². The number of nitrogens with one attached hydrogen (secondary N) is 2. The van der Waals surface area contributed by atoms with Crippen molar-refractivity contribution >= 4 is 23.4 Å². The number of anilines is 2. The average molecular weight is 356 g/mol. The fraction of sp³-hybridized carbons (Fsp3) is 0.316. The van der Waals surface area contributed by atoms with Gasteiger partial charge >= 0.3 is 5.97 Å². The molecule has 7 nitrogen and oxygen atoms in total. The number of carbonyl (C=O) groups excluding carboxylic acids is 2. The molecule has 1 heterocycles. The lowest BCUT2D eigenvalue weighted by Crippen LogP contribution is -2.31. The molecule has 0 aliphatic heterocycles. The molecule has 0 saturated heterocycles. The molecule has 0 saturated carbocycles. The molecule has 138 valence electrons. The minimum Gasteiger partial charge on any atom is -0.462 e. The van der Waals surface area contributed by atoms with Crippen molar-refractivity contribution in [1.82, 2.24) is 15.2 Å². The van der Waals surface area contributed by atoms with Crippen LogP contribution in [0.5, 0.6) is 0 Å². The number of ether oxygens (including phenoxy) is 1. The number of nitrogens with zero attached hydrogens (tertiary/aromatic N) is 2. The van der Waals surface area contributed by atoms with Crippen LogP contribution in [0, 0.1) is 0 Å². The van der Waals surface area contributed by atoms with E-state index in [9.17, 15) is 9.59 Å². The van der Waals surface area contributed by atoms with Crippen LogP contribution >= 0.6 is 0 Å². The molecule has 0 fully saturated rings. The third kappa shape index (κ3) is 5.86. The first-order valence-electron chi connectivity index (χ1n) is 8.42. The predicted molar refractivity (Wildman–Crippen MR) is 101 cm³/mol. The number of esters is 1. The normalized spacial score (nSPS) is 10.5. The third-order valence-corrected chi connectivity index (χ3v) is 3.54. The zero-order chi connectivity index (χ0) is 18.9. The number of carbonyl (C=O) groups is 2. The summed E-state index contributed by atoms with van der Waals surface area (Å²) in [7, 11) is 3.90. The van der Waals surface area contributed by atoms with Crippen LogP contribution in [0.3, 0.4) is 0 Å². The van der Waals surface area contributed by atoms with Crippen molar-refractivity contribution in [2.45, 2.75) is 6.92 Å². The number of pyridine rings is 1. The van der Waals surface area contributed by atoms with Crippen molar-refractivity contribution in [1.29, 1.82) is 0 Å². The highest BCUT2D eigenvalue weighted by atomic mass is 16.5. The van der Waals surface area contributed by atoms with E-state index in [-0.39, 0.29) is 11.9 Å². The van der Waals surface area contributed by atoms with Crippen LogP contribution in [0.15, 0.2) is 42.6 Å². The second-order valence-corrected chi connectivity index (χ2v) is 5.91. The van der Waals surface area contributed by atoms with Crippen LogP contribution in [0.25, 0.3) is 0 Å². The molecule has 0 aliphatic carbocycles. The van der Waals surface area contributed by atoms with Gasteiger partial charge in [-0.15, -0.1) is 0 Å². The van der Waals surface area contributed by atoms with Gasteiger partial charge in [-0.05, 0) is 57.4 Å². The van der Waals surface area contributed by atoms with Crippen LogP contribution in [-0.4, -0.2) is 55.6 Å². The van der Waals surface area contributed by atoms with Gasteiger partial charge in [0.15, 0.2) is 0 Å². The maximum Gasteiger partial charge on any atom is 0.338 e. The molecule has 7 heteroatoms. The van der Waals surface area contributed by atoms with E-state index in [4.69, 9.17) is 4.74 Å². The van der Waals surface area contributed by atoms with Crippen molar-refractivity contribution in [3.63, 3.8) is 0 Å². The fourth-order valence-corrected chi connectivity index (χ4v) is 2.15. The summed E-state index contributed by atoms with van der Waals surface area (Å²) in [6.45, 7) is 3.47. The van der Waals surface area contributed by atoms with Crippen molar-refractivity contribution in [2.24, 2.45) is 0 Å². The van der Waals surface area contributed by atoms with E-state index in [0.29, 0.717) is 30.1 Å². The molecule has 2 aromatic rings. The first kappa shape index (κ1) is 19.4. The quantitative estimate of drug-likeness (QED) is 0.706. The number of amides is 1. The molecular weight excluding hydrogens is 332 g/mol. The Hall–Kier alpha value is -2.93. The van der Waals surface area contributed by atoms with E-state index >= 15 is 0 Å². The molecule has 26 heavy (non-hydrogen) atoms. The van der Waals surface area contributed by atoms with Gasteiger partial charge < -0.3 is 20.3 Å². The van der Waals surface area contributed by atoms with Gasteiger partial charge in [-0.3, -0.25) is 4.79 Å². The SMILES string of the molecule is CCOC(=O)c1ccc(Nc2ccc(C(=O)NCCN(C)C)cn2)cc1. The van der Waals surface area contributed by atoms with Gasteiger partial charge in [-0.2, -0.15) is 0 Å². The number of benzene rings is 1. The summed E-state index contributed by atoms with van der Waals surface area (Å²) in [6, 6.07) is 10.4. The Kier molecular flexibility index (Phi) is 7.11. The Morgan fingerprint density at radius 1 is 1.08 bits per heavy atom. The van der Waals surface area contributed by atoms with Crippen molar-refractivity contribution < 1.29 is 14.3 Å². The number of aromatic nitrogens is 1. The summed E-state index contributed by atoms with van der Waals surface area (Å²) in [5.74, 6) is 0.116. The summed E-state index contributed by atoms with van der Waals surface area (Å²) in [6.07, 6.45) is 1.53. The Bertz CT molecular complexity index is 727. The number of hydrogen-bond acceptors (Lipinski definition) is 6. The zero-order valence-electron chi connectivity index (χ0n) is 15.3. The van der Waals surface area contributed by atoms with Gasteiger partial charge in [0.1, 0.15) is 5.82 Å². The lowest BCUT2D eigenvalue weighted by atomic mass is 10.2. The molecule has 0 unspecified atom stereocenters. The molecule has 2 N–H and O–H groups in total. The summed E-state index contributed by atoms with van der Waals surface area (Å²) >= 11 is 0. The van der Waals surface area contributed by atoms with Crippen molar-refractivity contribution in [2.75, 3.05) is 39.1 Å². The van der Waals surface area contributed by atoms with Gasteiger partial charge in [-0.25, -0.2) is 9.78 Å². The Morgan fingerprint density at radius 3 is 2.35 bits per heavy atom. The number of rotatable bonds is 8. The molecule has 1 amide bonds. The van der Waals surface area contributed by atoms with Crippen molar-refractivity contribution in [3.8, 4) is 0 Å². The lowest BCUT2D eigenvalue weighted by molar-refractivity contribution is 0.0526. The Labute approximate surface area is 153 Å². The summed E-state index contributed by atoms with van der Waals surface area (Å²) < 4.78 is 4.95. The first-order valence-corrected chi connectivity index (χ1v) is 8.42. The summed E-state index contributed by atoms with van der Waals surface area (Å²) in [5, 5.41) is 5.97. The molecule has 1 aromatic heterocycles. The van der Waals surface area contributed by atoms with Crippen LogP contribution in [0.1, 0.15) is 27.6 Å². The van der Waals surface area contributed by atoms with Crippen LogP contribution < -0.4 is 10.6 Å². The second kappa shape index (κ2) is 9.53. The maximum absolute atomic E-state index is 12.0. The van der Waals surface area contributed by atoms with E-state index in [0.717, 1.165) is 12.2 Å². The summed E-state index contributed by atoms with van der Waals surface area (Å²) in [5.41, 5.74) is 1.79. The standard InChI is InChI=1S/C19H24N4O3/c1-4-26-19(25)14-5-8-16(9-6-14)22-17-10-7-15(13-21-17)18(24)20-11-12-23(2)3/h5-10,13H,4,11-12H2,1-3H3,(H,20,24)(H,21,22). The van der Waals surface area contributed by atoms with Gasteiger partial charge in [-0.1, -0.05) is 0 Å². The van der Waals surface area contributed by atoms with Crippen LogP contribution in [-0.2, 0) is 4.74 Å². The fourth-order valence-electron chi connectivity index (χ4n) is 2.15. The van der Waals surface area contributed by atoms with Crippen molar-refractivity contribution in [3.05, 3.63) is 53.7 Å². The molecule has 0 spiro atoms. The number of hydrogen-bond donors (Lipinski definition) is 2. The highest BCUT2D eigenvalue weighted by molar-refractivity contribution is 5.94. The minimum atomic E-state index is -0.346. The lowest BCUT2D eigenvalue weighted by Gasteiger charge is -2.11. The number of likely N-dealkylation sites (N-methyl/N-ethyl adjacent to an activating group) is 1. The Balaban J connectivity index is 1.92. The van der Waals surface area contributed by atoms with Crippen LogP contribution in [0.2, 0.25) is 0 Å². The monoisotopic (exact) mass is 356 g/mol. The highest BCUT2D eigenvalue weighted by Gasteiger charge is 2.07. The van der Waals surface area contributed by atoms with E-state index in [1.807, 2.05) is 19.0 Å². The first-order chi connectivity index (χ1) is 12.5. The van der Waals surface area contributed by atoms with Gasteiger partial charge in [0, 0.05) is 25.0 Å². The Morgan fingerprint density at radius 2 is 1.77 bits per heavy atom. The molecule has 0 radical (unpaired) electrons. The van der Waals surface area contributed by atoms with E-state index < -0.39 is 0 Å². The molecule has 0 bridgehead atoms. The molecule has 2 rings (SSSR count). The predicted octanol–water partition coefficient (Wildman–Crippen LogP) is 2.29. The largest absolute Gasteiger partial charge is 0.462 e. The van der Waals surface area contributed by atoms with Crippen LogP contribution in [0.4, 0.5) is 11.5 Å². The second-order valence-electron chi connectivity index (χ2n) is 5.91. The molecular formula is C19H24N4O3. The highest BCUT2D eigenvalue weighted by Crippen LogP contribution is 2.16. The molecule has 0 aliphatic rings. The minimum absolute atomic E-state index is 0.148. The maximum atomic E-state index is 12.0. The summed E-state index contributed by atoms with van der Waals surface area (Å²) in [4.78, 5) is 29.9. The van der Waals surface area contributed by atoms with E-state index in [2.05, 4.69) is 15.6 Å².